The third-order valence-corrected chi connectivity index (χ3v) is 3.56. The minimum absolute atomic E-state index is 0.0655. The van der Waals surface area contributed by atoms with Crippen LogP contribution in [0, 0.1) is 10.1 Å². The standard InChI is InChI=1S/C15H11Cl2N3O4/c16-12-5-2-6-13(15(12)17)24-9-14(21)19-18-8-10-3-1-4-11(7-10)20(22)23/h1-8H,9H2,(H,19,21)/b18-8+. The first-order valence-electron chi connectivity index (χ1n) is 6.60. The van der Waals surface area contributed by atoms with Crippen molar-refractivity contribution in [3.8, 4) is 5.75 Å². The Morgan fingerprint density at radius 2 is 2.04 bits per heavy atom. The van der Waals surface area contributed by atoms with Gasteiger partial charge in [0, 0.05) is 17.7 Å². The lowest BCUT2D eigenvalue weighted by Gasteiger charge is -2.07. The van der Waals surface area contributed by atoms with E-state index in [2.05, 4.69) is 10.5 Å². The maximum Gasteiger partial charge on any atom is 0.277 e. The number of nitrogens with zero attached hydrogens (tertiary/aromatic N) is 2. The van der Waals surface area contributed by atoms with Crippen molar-refractivity contribution < 1.29 is 14.5 Å². The molecule has 0 radical (unpaired) electrons. The molecular weight excluding hydrogens is 357 g/mol. The van der Waals surface area contributed by atoms with Gasteiger partial charge in [-0.05, 0) is 12.1 Å². The highest BCUT2D eigenvalue weighted by Crippen LogP contribution is 2.31. The molecule has 7 nitrogen and oxygen atoms in total. The molecule has 0 bridgehead atoms. The van der Waals surface area contributed by atoms with Crippen molar-refractivity contribution in [1.82, 2.24) is 5.43 Å². The average Bonchev–Trinajstić information content (AvgIpc) is 2.56. The summed E-state index contributed by atoms with van der Waals surface area (Å²) in [6, 6.07) is 10.6. The molecule has 2 aromatic rings. The molecule has 0 heterocycles. The summed E-state index contributed by atoms with van der Waals surface area (Å²) in [5.41, 5.74) is 2.65. The van der Waals surface area contributed by atoms with Crippen LogP contribution in [0.25, 0.3) is 0 Å². The highest BCUT2D eigenvalue weighted by Gasteiger charge is 2.08. The van der Waals surface area contributed by atoms with Crippen LogP contribution in [-0.4, -0.2) is 23.7 Å². The van der Waals surface area contributed by atoms with E-state index in [4.69, 9.17) is 27.9 Å². The fourth-order valence-electron chi connectivity index (χ4n) is 1.67. The summed E-state index contributed by atoms with van der Waals surface area (Å²) < 4.78 is 5.24. The molecule has 0 fully saturated rings. The summed E-state index contributed by atoms with van der Waals surface area (Å²) >= 11 is 11.8. The van der Waals surface area contributed by atoms with Crippen molar-refractivity contribution in [1.29, 1.82) is 0 Å². The number of hydrazone groups is 1. The van der Waals surface area contributed by atoms with E-state index in [0.717, 1.165) is 0 Å². The lowest BCUT2D eigenvalue weighted by Crippen LogP contribution is -2.24. The Kier molecular flexibility index (Phi) is 6.11. The second kappa shape index (κ2) is 8.28. The predicted molar refractivity (Wildman–Crippen MR) is 90.8 cm³/mol. The molecule has 0 aliphatic carbocycles. The SMILES string of the molecule is O=C(COc1cccc(Cl)c1Cl)N/N=C/c1cccc([N+](=O)[O-])c1. The van der Waals surface area contributed by atoms with Crippen molar-refractivity contribution in [2.75, 3.05) is 6.61 Å². The summed E-state index contributed by atoms with van der Waals surface area (Å²) in [6.07, 6.45) is 1.29. The van der Waals surface area contributed by atoms with Crippen LogP contribution in [-0.2, 0) is 4.79 Å². The maximum absolute atomic E-state index is 11.6. The molecule has 0 saturated heterocycles. The first-order valence-corrected chi connectivity index (χ1v) is 7.36. The quantitative estimate of drug-likeness (QED) is 0.480. The van der Waals surface area contributed by atoms with Gasteiger partial charge in [-0.3, -0.25) is 14.9 Å². The monoisotopic (exact) mass is 367 g/mol. The molecule has 124 valence electrons. The second-order valence-corrected chi connectivity index (χ2v) is 5.27. The van der Waals surface area contributed by atoms with E-state index in [-0.39, 0.29) is 23.1 Å². The molecule has 0 saturated carbocycles. The number of hydrogen-bond donors (Lipinski definition) is 1. The van der Waals surface area contributed by atoms with E-state index in [1.165, 1.54) is 24.4 Å². The molecule has 24 heavy (non-hydrogen) atoms. The Balaban J connectivity index is 1.88. The Hall–Kier alpha value is -2.64. The number of halogens is 2. The lowest BCUT2D eigenvalue weighted by molar-refractivity contribution is -0.384. The summed E-state index contributed by atoms with van der Waals surface area (Å²) in [5, 5.41) is 14.9. The van der Waals surface area contributed by atoms with Crippen LogP contribution < -0.4 is 10.2 Å². The van der Waals surface area contributed by atoms with Crippen molar-refractivity contribution in [3.05, 3.63) is 68.2 Å². The summed E-state index contributed by atoms with van der Waals surface area (Å²) in [7, 11) is 0. The van der Waals surface area contributed by atoms with E-state index in [0.29, 0.717) is 10.6 Å². The summed E-state index contributed by atoms with van der Waals surface area (Å²) in [4.78, 5) is 21.8. The fourth-order valence-corrected chi connectivity index (χ4v) is 2.01. The number of ether oxygens (including phenoxy) is 1. The molecule has 9 heteroatoms. The Morgan fingerprint density at radius 3 is 2.79 bits per heavy atom. The number of amides is 1. The number of nitro groups is 1. The molecule has 0 unspecified atom stereocenters. The molecule has 2 rings (SSSR count). The topological polar surface area (TPSA) is 93.8 Å². The lowest BCUT2D eigenvalue weighted by atomic mass is 10.2. The zero-order chi connectivity index (χ0) is 17.5. The highest BCUT2D eigenvalue weighted by atomic mass is 35.5. The largest absolute Gasteiger partial charge is 0.482 e. The summed E-state index contributed by atoms with van der Waals surface area (Å²) in [5.74, 6) is -0.241. The van der Waals surface area contributed by atoms with E-state index < -0.39 is 10.8 Å². The van der Waals surface area contributed by atoms with Gasteiger partial charge in [0.15, 0.2) is 6.61 Å². The number of hydrogen-bond acceptors (Lipinski definition) is 5. The highest BCUT2D eigenvalue weighted by molar-refractivity contribution is 6.42. The zero-order valence-electron chi connectivity index (χ0n) is 12.1. The Bertz CT molecular complexity index is 796. The first kappa shape index (κ1) is 17.7. The molecule has 1 N–H and O–H groups in total. The molecule has 0 aromatic heterocycles. The second-order valence-electron chi connectivity index (χ2n) is 4.49. The molecular formula is C15H11Cl2N3O4. The van der Waals surface area contributed by atoms with Gasteiger partial charge < -0.3 is 4.74 Å². The molecule has 0 atom stereocenters. The van der Waals surface area contributed by atoms with E-state index in [1.54, 1.807) is 24.3 Å². The first-order chi connectivity index (χ1) is 11.5. The number of benzene rings is 2. The molecule has 0 aliphatic rings. The van der Waals surface area contributed by atoms with Crippen molar-refractivity contribution in [2.24, 2.45) is 5.10 Å². The number of non-ortho nitro benzene ring substituents is 1. The van der Waals surface area contributed by atoms with Gasteiger partial charge >= 0.3 is 0 Å². The number of carbonyl (C=O) groups excluding carboxylic acids is 1. The van der Waals surface area contributed by atoms with E-state index in [9.17, 15) is 14.9 Å². The Labute approximate surface area is 147 Å². The van der Waals surface area contributed by atoms with Crippen molar-refractivity contribution >= 4 is 41.0 Å². The van der Waals surface area contributed by atoms with Gasteiger partial charge in [0.1, 0.15) is 10.8 Å². The Morgan fingerprint density at radius 1 is 1.29 bits per heavy atom. The maximum atomic E-state index is 11.6. The van der Waals surface area contributed by atoms with Crippen LogP contribution in [0.5, 0.6) is 5.75 Å². The normalized spacial score (nSPS) is 10.6. The van der Waals surface area contributed by atoms with Crippen LogP contribution >= 0.6 is 23.2 Å². The van der Waals surface area contributed by atoms with Crippen LogP contribution in [0.2, 0.25) is 10.0 Å². The molecule has 0 spiro atoms. The van der Waals surface area contributed by atoms with Crippen LogP contribution in [0.1, 0.15) is 5.56 Å². The van der Waals surface area contributed by atoms with Crippen molar-refractivity contribution in [3.63, 3.8) is 0 Å². The smallest absolute Gasteiger partial charge is 0.277 e. The van der Waals surface area contributed by atoms with Gasteiger partial charge in [0.05, 0.1) is 16.2 Å². The van der Waals surface area contributed by atoms with Gasteiger partial charge in [0.2, 0.25) is 0 Å². The number of rotatable bonds is 6. The van der Waals surface area contributed by atoms with Gasteiger partial charge in [-0.1, -0.05) is 41.4 Å². The van der Waals surface area contributed by atoms with Gasteiger partial charge in [-0.2, -0.15) is 5.10 Å². The van der Waals surface area contributed by atoms with Gasteiger partial charge in [-0.25, -0.2) is 5.43 Å². The molecule has 0 aliphatic heterocycles. The average molecular weight is 368 g/mol. The zero-order valence-corrected chi connectivity index (χ0v) is 13.6. The molecule has 2 aromatic carbocycles. The number of nitro benzene ring substituents is 1. The summed E-state index contributed by atoms with van der Waals surface area (Å²) in [6.45, 7) is -0.313. The third-order valence-electron chi connectivity index (χ3n) is 2.76. The van der Waals surface area contributed by atoms with Crippen LogP contribution in [0.15, 0.2) is 47.6 Å². The van der Waals surface area contributed by atoms with Crippen molar-refractivity contribution in [2.45, 2.75) is 0 Å². The fraction of sp³-hybridized carbons (Fsp3) is 0.0667. The third kappa shape index (κ3) is 4.94. The molecule has 1 amide bonds. The minimum Gasteiger partial charge on any atom is -0.482 e. The van der Waals surface area contributed by atoms with Crippen LogP contribution in [0.4, 0.5) is 5.69 Å². The van der Waals surface area contributed by atoms with E-state index in [1.807, 2.05) is 0 Å². The minimum atomic E-state index is -0.521. The van der Waals surface area contributed by atoms with E-state index >= 15 is 0 Å². The number of carbonyl (C=O) groups is 1. The van der Waals surface area contributed by atoms with Crippen LogP contribution in [0.3, 0.4) is 0 Å². The number of nitrogens with one attached hydrogen (secondary N) is 1. The van der Waals surface area contributed by atoms with Gasteiger partial charge in [0.25, 0.3) is 11.6 Å². The predicted octanol–water partition coefficient (Wildman–Crippen LogP) is 3.43. The van der Waals surface area contributed by atoms with Gasteiger partial charge in [-0.15, -0.1) is 0 Å².